The van der Waals surface area contributed by atoms with E-state index >= 15 is 0 Å². The number of amides is 2. The number of hydrogen-bond donors (Lipinski definition) is 1. The smallest absolute Gasteiger partial charge is 0.284 e. The molecule has 0 spiro atoms. The van der Waals surface area contributed by atoms with Crippen LogP contribution >= 0.6 is 11.6 Å². The summed E-state index contributed by atoms with van der Waals surface area (Å²) < 4.78 is 0. The predicted octanol–water partition coefficient (Wildman–Crippen LogP) is 3.61. The second-order valence-corrected chi connectivity index (χ2v) is 6.92. The lowest BCUT2D eigenvalue weighted by atomic mass is 9.82. The zero-order valence-corrected chi connectivity index (χ0v) is 15.4. The van der Waals surface area contributed by atoms with Crippen molar-refractivity contribution in [1.29, 1.82) is 0 Å². The Hall–Kier alpha value is -3.06. The molecule has 27 heavy (non-hydrogen) atoms. The van der Waals surface area contributed by atoms with Crippen molar-refractivity contribution in [2.45, 2.75) is 13.8 Å². The van der Waals surface area contributed by atoms with Gasteiger partial charge in [-0.25, -0.2) is 4.99 Å². The number of benzene rings is 1. The number of rotatable bonds is 3. The lowest BCUT2D eigenvalue weighted by Crippen LogP contribution is -2.34. The van der Waals surface area contributed by atoms with E-state index in [-0.39, 0.29) is 34.0 Å². The normalized spacial score (nSPS) is 20.1. The van der Waals surface area contributed by atoms with E-state index in [0.717, 1.165) is 5.57 Å². The van der Waals surface area contributed by atoms with E-state index in [1.165, 1.54) is 18.2 Å². The second-order valence-electron chi connectivity index (χ2n) is 6.49. The molecule has 2 amide bonds. The largest absolute Gasteiger partial charge is 0.325 e. The van der Waals surface area contributed by atoms with Crippen LogP contribution in [0.4, 0.5) is 5.69 Å². The van der Waals surface area contributed by atoms with Crippen molar-refractivity contribution in [3.05, 3.63) is 74.5 Å². The molecule has 0 radical (unpaired) electrons. The van der Waals surface area contributed by atoms with Gasteiger partial charge in [-0.2, -0.15) is 0 Å². The van der Waals surface area contributed by atoms with E-state index in [9.17, 15) is 19.7 Å². The Morgan fingerprint density at radius 1 is 1.33 bits per heavy atom. The first kappa shape index (κ1) is 18.7. The SMILES string of the molecule is CC(C)C1=CC(=O)NC2=CC(=NC(=O)c3cc(Cl)ccc3[N+](=O)[O-])C=CC21. The van der Waals surface area contributed by atoms with Gasteiger partial charge in [-0.05, 0) is 35.8 Å². The predicted molar refractivity (Wildman–Crippen MR) is 102 cm³/mol. The van der Waals surface area contributed by atoms with Crippen LogP contribution in [0.1, 0.15) is 24.2 Å². The maximum absolute atomic E-state index is 12.5. The maximum atomic E-state index is 12.5. The highest BCUT2D eigenvalue weighted by atomic mass is 35.5. The van der Waals surface area contributed by atoms with Crippen LogP contribution in [-0.4, -0.2) is 22.4 Å². The van der Waals surface area contributed by atoms with Gasteiger partial charge >= 0.3 is 0 Å². The van der Waals surface area contributed by atoms with Crippen LogP contribution in [0, 0.1) is 22.0 Å². The van der Waals surface area contributed by atoms with Crippen molar-refractivity contribution in [2.24, 2.45) is 16.8 Å². The Morgan fingerprint density at radius 2 is 2.07 bits per heavy atom. The number of carbonyl (C=O) groups excluding carboxylic acids is 2. The topological polar surface area (TPSA) is 102 Å². The van der Waals surface area contributed by atoms with Crippen LogP contribution in [0.2, 0.25) is 5.02 Å². The number of allylic oxidation sites excluding steroid dienone is 3. The van der Waals surface area contributed by atoms with Crippen molar-refractivity contribution in [3.8, 4) is 0 Å². The molecule has 0 fully saturated rings. The average Bonchev–Trinajstić information content (AvgIpc) is 2.60. The summed E-state index contributed by atoms with van der Waals surface area (Å²) in [4.78, 5) is 38.8. The fraction of sp³-hybridized carbons (Fsp3) is 0.211. The van der Waals surface area contributed by atoms with Crippen molar-refractivity contribution in [2.75, 3.05) is 0 Å². The number of nitro groups is 1. The van der Waals surface area contributed by atoms with Gasteiger partial charge in [0, 0.05) is 28.8 Å². The molecule has 0 saturated carbocycles. The number of fused-ring (bicyclic) bond motifs is 1. The Kier molecular flexibility index (Phi) is 5.05. The van der Waals surface area contributed by atoms with Gasteiger partial charge in [0.1, 0.15) is 5.56 Å². The Labute approximate surface area is 160 Å². The molecule has 1 heterocycles. The molecule has 8 heteroatoms. The summed E-state index contributed by atoms with van der Waals surface area (Å²) in [7, 11) is 0. The van der Waals surface area contributed by atoms with E-state index in [0.29, 0.717) is 11.4 Å². The number of aliphatic imine (C=N–C) groups is 1. The van der Waals surface area contributed by atoms with E-state index < -0.39 is 10.8 Å². The van der Waals surface area contributed by atoms with Crippen molar-refractivity contribution in [3.63, 3.8) is 0 Å². The molecule has 0 saturated heterocycles. The first-order chi connectivity index (χ1) is 12.8. The van der Waals surface area contributed by atoms with Gasteiger partial charge in [0.15, 0.2) is 0 Å². The number of nitrogens with zero attached hydrogens (tertiary/aromatic N) is 2. The molecule has 1 aliphatic carbocycles. The number of carbonyl (C=O) groups is 2. The Bertz CT molecular complexity index is 973. The molecule has 3 rings (SSSR count). The molecular formula is C19H16ClN3O4. The highest BCUT2D eigenvalue weighted by Crippen LogP contribution is 2.32. The summed E-state index contributed by atoms with van der Waals surface area (Å²) in [5.74, 6) is -0.908. The molecule has 0 bridgehead atoms. The highest BCUT2D eigenvalue weighted by molar-refractivity contribution is 6.31. The summed E-state index contributed by atoms with van der Waals surface area (Å²) in [6, 6.07) is 3.73. The van der Waals surface area contributed by atoms with Gasteiger partial charge < -0.3 is 5.32 Å². The van der Waals surface area contributed by atoms with Crippen LogP contribution in [0.15, 0.2) is 58.8 Å². The third kappa shape index (κ3) is 3.88. The summed E-state index contributed by atoms with van der Waals surface area (Å²) in [5, 5.41) is 14.1. The second kappa shape index (κ2) is 7.28. The molecular weight excluding hydrogens is 370 g/mol. The molecule has 138 valence electrons. The number of nitrogens with one attached hydrogen (secondary N) is 1. The lowest BCUT2D eigenvalue weighted by Gasteiger charge is -2.29. The van der Waals surface area contributed by atoms with Crippen LogP contribution in [-0.2, 0) is 4.79 Å². The first-order valence-electron chi connectivity index (χ1n) is 8.25. The third-order valence-electron chi connectivity index (χ3n) is 4.31. The highest BCUT2D eigenvalue weighted by Gasteiger charge is 2.28. The minimum Gasteiger partial charge on any atom is -0.325 e. The quantitative estimate of drug-likeness (QED) is 0.634. The summed E-state index contributed by atoms with van der Waals surface area (Å²) >= 11 is 5.86. The van der Waals surface area contributed by atoms with Crippen LogP contribution in [0.5, 0.6) is 0 Å². The van der Waals surface area contributed by atoms with Gasteiger partial charge in [-0.3, -0.25) is 19.7 Å². The molecule has 0 aromatic heterocycles. The fourth-order valence-electron chi connectivity index (χ4n) is 3.03. The number of hydrogen-bond acceptors (Lipinski definition) is 4. The average molecular weight is 386 g/mol. The van der Waals surface area contributed by atoms with E-state index in [1.807, 2.05) is 19.9 Å². The number of halogens is 1. The van der Waals surface area contributed by atoms with Gasteiger partial charge in [0.2, 0.25) is 5.91 Å². The molecule has 2 aliphatic rings. The van der Waals surface area contributed by atoms with Gasteiger partial charge in [-0.1, -0.05) is 31.5 Å². The monoisotopic (exact) mass is 385 g/mol. The molecule has 1 atom stereocenters. The van der Waals surface area contributed by atoms with Crippen LogP contribution in [0.25, 0.3) is 0 Å². The van der Waals surface area contributed by atoms with E-state index in [1.54, 1.807) is 18.2 Å². The van der Waals surface area contributed by atoms with Crippen molar-refractivity contribution in [1.82, 2.24) is 5.32 Å². The van der Waals surface area contributed by atoms with Gasteiger partial charge in [0.25, 0.3) is 11.6 Å². The molecule has 1 aliphatic heterocycles. The minimum atomic E-state index is -0.777. The zero-order chi connectivity index (χ0) is 19.7. The zero-order valence-electron chi connectivity index (χ0n) is 14.6. The van der Waals surface area contributed by atoms with Crippen LogP contribution < -0.4 is 5.32 Å². The third-order valence-corrected chi connectivity index (χ3v) is 4.54. The van der Waals surface area contributed by atoms with E-state index in [2.05, 4.69) is 10.3 Å². The van der Waals surface area contributed by atoms with Crippen molar-refractivity contribution < 1.29 is 14.5 Å². The fourth-order valence-corrected chi connectivity index (χ4v) is 3.20. The standard InChI is InChI=1S/C19H16ClN3O4/c1-10(2)14-9-18(24)22-16-8-12(4-5-13(14)16)21-19(25)15-7-11(20)3-6-17(15)23(26)27/h3-10,13H,1-2H3,(H,22,24). The maximum Gasteiger partial charge on any atom is 0.284 e. The van der Waals surface area contributed by atoms with Crippen molar-refractivity contribution >= 4 is 34.8 Å². The molecule has 1 aromatic rings. The Balaban J connectivity index is 1.95. The van der Waals surface area contributed by atoms with Gasteiger partial charge in [0.05, 0.1) is 10.6 Å². The Morgan fingerprint density at radius 3 is 2.74 bits per heavy atom. The molecule has 1 aromatic carbocycles. The van der Waals surface area contributed by atoms with Gasteiger partial charge in [-0.15, -0.1) is 0 Å². The minimum absolute atomic E-state index is 0.0859. The molecule has 7 nitrogen and oxygen atoms in total. The number of nitro benzene ring substituents is 1. The first-order valence-corrected chi connectivity index (χ1v) is 8.63. The lowest BCUT2D eigenvalue weighted by molar-refractivity contribution is -0.385. The summed E-state index contributed by atoms with van der Waals surface area (Å²) in [5.41, 5.74) is 1.34. The summed E-state index contributed by atoms with van der Waals surface area (Å²) in [6.07, 6.45) is 6.70. The summed E-state index contributed by atoms with van der Waals surface area (Å²) in [6.45, 7) is 4.00. The molecule has 1 unspecified atom stereocenters. The molecule has 1 N–H and O–H groups in total. The van der Waals surface area contributed by atoms with Crippen LogP contribution in [0.3, 0.4) is 0 Å². The van der Waals surface area contributed by atoms with E-state index in [4.69, 9.17) is 11.6 Å².